The number of aromatic nitrogens is 4. The molecule has 2 heterocycles. The van der Waals surface area contributed by atoms with Gasteiger partial charge in [0.25, 0.3) is 0 Å². The van der Waals surface area contributed by atoms with E-state index in [2.05, 4.69) is 15.1 Å². The van der Waals surface area contributed by atoms with E-state index in [4.69, 9.17) is 10.3 Å². The highest BCUT2D eigenvalue weighted by Crippen LogP contribution is 2.10. The fourth-order valence-corrected chi connectivity index (χ4v) is 1.39. The Morgan fingerprint density at radius 3 is 3.00 bits per heavy atom. The van der Waals surface area contributed by atoms with Gasteiger partial charge in [0, 0.05) is 12.2 Å². The van der Waals surface area contributed by atoms with Crippen LogP contribution < -0.4 is 5.73 Å². The molecular formula is C9H13N5O. The van der Waals surface area contributed by atoms with Gasteiger partial charge in [-0.15, -0.1) is 0 Å². The van der Waals surface area contributed by atoms with E-state index in [1.807, 2.05) is 11.5 Å². The van der Waals surface area contributed by atoms with Gasteiger partial charge in [-0.25, -0.2) is 4.98 Å². The maximum atomic E-state index is 5.79. The lowest BCUT2D eigenvalue weighted by Gasteiger charge is -2.07. The van der Waals surface area contributed by atoms with Crippen LogP contribution in [0.5, 0.6) is 0 Å². The molecule has 0 aromatic carbocycles. The number of nitrogens with two attached hydrogens (primary N) is 1. The molecule has 0 aliphatic heterocycles. The molecule has 2 rings (SSSR count). The summed E-state index contributed by atoms with van der Waals surface area (Å²) in [5.41, 5.74) is 6.74. The standard InChI is InChI=1S/C9H13N5O/c1-6(10)8-3-11-5-14(8)4-9-12-7(2)13-15-9/h3,5-6H,4,10H2,1-2H3/t6-/m0/s1. The average Bonchev–Trinajstić information content (AvgIpc) is 2.75. The third-order valence-corrected chi connectivity index (χ3v) is 2.09. The molecule has 2 aromatic rings. The van der Waals surface area contributed by atoms with Gasteiger partial charge in [0.2, 0.25) is 5.89 Å². The van der Waals surface area contributed by atoms with Crippen molar-refractivity contribution in [3.05, 3.63) is 29.9 Å². The van der Waals surface area contributed by atoms with Crippen molar-refractivity contribution in [1.82, 2.24) is 19.7 Å². The van der Waals surface area contributed by atoms with Crippen molar-refractivity contribution in [3.8, 4) is 0 Å². The second-order valence-corrected chi connectivity index (χ2v) is 3.47. The van der Waals surface area contributed by atoms with Gasteiger partial charge in [-0.1, -0.05) is 5.16 Å². The fraction of sp³-hybridized carbons (Fsp3) is 0.444. The van der Waals surface area contributed by atoms with E-state index in [0.717, 1.165) is 5.69 Å². The second kappa shape index (κ2) is 3.82. The van der Waals surface area contributed by atoms with E-state index in [0.29, 0.717) is 18.3 Å². The minimum Gasteiger partial charge on any atom is -0.337 e. The number of hydrogen-bond acceptors (Lipinski definition) is 5. The molecule has 0 spiro atoms. The molecule has 0 bridgehead atoms. The van der Waals surface area contributed by atoms with Crippen LogP contribution in [0.15, 0.2) is 17.0 Å². The molecule has 0 aliphatic carbocycles. The zero-order chi connectivity index (χ0) is 10.8. The van der Waals surface area contributed by atoms with Gasteiger partial charge in [0.15, 0.2) is 5.82 Å². The molecule has 0 radical (unpaired) electrons. The van der Waals surface area contributed by atoms with Crippen LogP contribution in [0.25, 0.3) is 0 Å². The van der Waals surface area contributed by atoms with Gasteiger partial charge in [-0.3, -0.25) is 0 Å². The highest BCUT2D eigenvalue weighted by Gasteiger charge is 2.09. The van der Waals surface area contributed by atoms with E-state index in [-0.39, 0.29) is 6.04 Å². The van der Waals surface area contributed by atoms with Crippen molar-refractivity contribution >= 4 is 0 Å². The minimum atomic E-state index is -0.0588. The Balaban J connectivity index is 2.20. The van der Waals surface area contributed by atoms with Gasteiger partial charge in [0.1, 0.15) is 6.54 Å². The zero-order valence-corrected chi connectivity index (χ0v) is 8.71. The number of nitrogens with zero attached hydrogens (tertiary/aromatic N) is 4. The molecule has 0 unspecified atom stereocenters. The van der Waals surface area contributed by atoms with Gasteiger partial charge in [0.05, 0.1) is 12.0 Å². The van der Waals surface area contributed by atoms with Crippen molar-refractivity contribution in [3.63, 3.8) is 0 Å². The summed E-state index contributed by atoms with van der Waals surface area (Å²) in [7, 11) is 0. The van der Waals surface area contributed by atoms with Gasteiger partial charge in [-0.2, -0.15) is 4.98 Å². The predicted octanol–water partition coefficient (Wildman–Crippen LogP) is 0.643. The van der Waals surface area contributed by atoms with E-state index in [1.54, 1.807) is 19.4 Å². The van der Waals surface area contributed by atoms with Crippen molar-refractivity contribution in [2.75, 3.05) is 0 Å². The van der Waals surface area contributed by atoms with Crippen LogP contribution in [0, 0.1) is 6.92 Å². The third kappa shape index (κ3) is 2.04. The molecular weight excluding hydrogens is 194 g/mol. The molecule has 0 saturated carbocycles. The smallest absolute Gasteiger partial charge is 0.246 e. The lowest BCUT2D eigenvalue weighted by molar-refractivity contribution is 0.365. The molecule has 0 aliphatic rings. The van der Waals surface area contributed by atoms with Gasteiger partial charge >= 0.3 is 0 Å². The topological polar surface area (TPSA) is 82.8 Å². The summed E-state index contributed by atoms with van der Waals surface area (Å²) in [6.07, 6.45) is 3.45. The zero-order valence-electron chi connectivity index (χ0n) is 8.71. The highest BCUT2D eigenvalue weighted by atomic mass is 16.5. The van der Waals surface area contributed by atoms with Crippen molar-refractivity contribution in [2.24, 2.45) is 5.73 Å². The van der Waals surface area contributed by atoms with Gasteiger partial charge < -0.3 is 14.8 Å². The average molecular weight is 207 g/mol. The van der Waals surface area contributed by atoms with Crippen LogP contribution in [-0.4, -0.2) is 19.7 Å². The van der Waals surface area contributed by atoms with Crippen LogP contribution in [-0.2, 0) is 6.54 Å². The first-order valence-electron chi connectivity index (χ1n) is 4.71. The normalized spacial score (nSPS) is 13.0. The molecule has 6 nitrogen and oxygen atoms in total. The first-order chi connectivity index (χ1) is 7.16. The quantitative estimate of drug-likeness (QED) is 0.798. The monoisotopic (exact) mass is 207 g/mol. The molecule has 6 heteroatoms. The summed E-state index contributed by atoms with van der Waals surface area (Å²) in [6, 6.07) is -0.0588. The SMILES string of the molecule is Cc1noc(Cn2cncc2[C@H](C)N)n1. The largest absolute Gasteiger partial charge is 0.337 e. The van der Waals surface area contributed by atoms with Crippen molar-refractivity contribution in [2.45, 2.75) is 26.4 Å². The summed E-state index contributed by atoms with van der Waals surface area (Å²) in [5, 5.41) is 3.72. The van der Waals surface area contributed by atoms with Crippen LogP contribution in [0.4, 0.5) is 0 Å². The Morgan fingerprint density at radius 2 is 2.40 bits per heavy atom. The predicted molar refractivity (Wildman–Crippen MR) is 53.0 cm³/mol. The maximum Gasteiger partial charge on any atom is 0.246 e. The molecule has 80 valence electrons. The Kier molecular flexibility index (Phi) is 2.51. The lowest BCUT2D eigenvalue weighted by atomic mass is 10.3. The van der Waals surface area contributed by atoms with E-state index < -0.39 is 0 Å². The molecule has 1 atom stereocenters. The van der Waals surface area contributed by atoms with Crippen molar-refractivity contribution < 1.29 is 4.52 Å². The van der Waals surface area contributed by atoms with E-state index in [9.17, 15) is 0 Å². The summed E-state index contributed by atoms with van der Waals surface area (Å²) in [4.78, 5) is 8.16. The van der Waals surface area contributed by atoms with Crippen LogP contribution in [0.3, 0.4) is 0 Å². The summed E-state index contributed by atoms with van der Waals surface area (Å²) >= 11 is 0. The summed E-state index contributed by atoms with van der Waals surface area (Å²) in [5.74, 6) is 1.19. The molecule has 2 N–H and O–H groups in total. The number of imidazole rings is 1. The third-order valence-electron chi connectivity index (χ3n) is 2.09. The number of rotatable bonds is 3. The molecule has 0 saturated heterocycles. The van der Waals surface area contributed by atoms with E-state index in [1.165, 1.54) is 0 Å². The first-order valence-corrected chi connectivity index (χ1v) is 4.71. The van der Waals surface area contributed by atoms with Crippen LogP contribution in [0.2, 0.25) is 0 Å². The Bertz CT molecular complexity index is 445. The highest BCUT2D eigenvalue weighted by molar-refractivity contribution is 5.04. The first kappa shape index (κ1) is 9.85. The van der Waals surface area contributed by atoms with Crippen molar-refractivity contribution in [1.29, 1.82) is 0 Å². The summed E-state index contributed by atoms with van der Waals surface area (Å²) < 4.78 is 6.92. The van der Waals surface area contributed by atoms with Crippen LogP contribution in [0.1, 0.15) is 30.4 Å². The Labute approximate surface area is 87.1 Å². The molecule has 0 fully saturated rings. The second-order valence-electron chi connectivity index (χ2n) is 3.47. The molecule has 2 aromatic heterocycles. The Morgan fingerprint density at radius 1 is 1.60 bits per heavy atom. The maximum absolute atomic E-state index is 5.79. The lowest BCUT2D eigenvalue weighted by Crippen LogP contribution is -2.12. The number of aryl methyl sites for hydroxylation is 1. The fourth-order valence-electron chi connectivity index (χ4n) is 1.39. The molecule has 0 amide bonds. The van der Waals surface area contributed by atoms with Crippen LogP contribution >= 0.6 is 0 Å². The minimum absolute atomic E-state index is 0.0588. The number of hydrogen-bond donors (Lipinski definition) is 1. The van der Waals surface area contributed by atoms with E-state index >= 15 is 0 Å². The summed E-state index contributed by atoms with van der Waals surface area (Å²) in [6.45, 7) is 4.21. The molecule has 15 heavy (non-hydrogen) atoms. The van der Waals surface area contributed by atoms with Gasteiger partial charge in [-0.05, 0) is 13.8 Å². The Hall–Kier alpha value is -1.69.